The highest BCUT2D eigenvalue weighted by Crippen LogP contribution is 2.30. The summed E-state index contributed by atoms with van der Waals surface area (Å²) in [5.41, 5.74) is 6.74. The molecule has 0 saturated heterocycles. The summed E-state index contributed by atoms with van der Waals surface area (Å²) in [5.74, 6) is 0. The number of hydrogen-bond donors (Lipinski definition) is 1. The first-order valence-electron chi connectivity index (χ1n) is 5.05. The molecule has 0 radical (unpaired) electrons. The molecule has 0 saturated carbocycles. The minimum Gasteiger partial charge on any atom is -0.398 e. The smallest absolute Gasteiger partial charge is 0.0813 e. The van der Waals surface area contributed by atoms with Crippen molar-refractivity contribution in [3.05, 3.63) is 29.1 Å². The molecule has 0 spiro atoms. The maximum absolute atomic E-state index is 5.89. The van der Waals surface area contributed by atoms with E-state index in [0.29, 0.717) is 6.61 Å². The average Bonchev–Trinajstić information content (AvgIpc) is 2.59. The van der Waals surface area contributed by atoms with Gasteiger partial charge in [-0.25, -0.2) is 0 Å². The zero-order chi connectivity index (χ0) is 10.8. The predicted octanol–water partition coefficient (Wildman–Crippen LogP) is 3.41. The maximum Gasteiger partial charge on any atom is 0.0813 e. The summed E-state index contributed by atoms with van der Waals surface area (Å²) in [5, 5.41) is 1.14. The molecule has 15 heavy (non-hydrogen) atoms. The van der Waals surface area contributed by atoms with Gasteiger partial charge in [-0.1, -0.05) is 6.07 Å². The first-order chi connectivity index (χ1) is 7.16. The Morgan fingerprint density at radius 2 is 2.20 bits per heavy atom. The third-order valence-corrected chi connectivity index (χ3v) is 3.28. The lowest BCUT2D eigenvalue weighted by Gasteiger charge is -2.04. The average molecular weight is 221 g/mol. The second kappa shape index (κ2) is 4.21. The zero-order valence-corrected chi connectivity index (χ0v) is 9.80. The van der Waals surface area contributed by atoms with Crippen LogP contribution in [0.2, 0.25) is 0 Å². The second-order valence-electron chi connectivity index (χ2n) is 3.83. The molecule has 0 unspecified atom stereocenters. The summed E-state index contributed by atoms with van der Waals surface area (Å²) in [6, 6.07) is 8.14. The number of hydrogen-bond acceptors (Lipinski definition) is 3. The van der Waals surface area contributed by atoms with E-state index in [4.69, 9.17) is 10.5 Å². The third-order valence-electron chi connectivity index (χ3n) is 2.21. The molecule has 0 fully saturated rings. The van der Waals surface area contributed by atoms with Crippen molar-refractivity contribution in [3.63, 3.8) is 0 Å². The van der Waals surface area contributed by atoms with E-state index in [2.05, 4.69) is 12.1 Å². The SMILES string of the molecule is CC(C)OCc1cc2c(N)cccc2s1. The van der Waals surface area contributed by atoms with E-state index in [1.165, 1.54) is 9.58 Å². The van der Waals surface area contributed by atoms with Crippen LogP contribution in [-0.4, -0.2) is 6.10 Å². The van der Waals surface area contributed by atoms with Gasteiger partial charge >= 0.3 is 0 Å². The zero-order valence-electron chi connectivity index (χ0n) is 8.99. The lowest BCUT2D eigenvalue weighted by Crippen LogP contribution is -2.00. The molecular weight excluding hydrogens is 206 g/mol. The Balaban J connectivity index is 2.27. The molecule has 0 aliphatic heterocycles. The predicted molar refractivity (Wildman–Crippen MR) is 66.2 cm³/mol. The lowest BCUT2D eigenvalue weighted by molar-refractivity contribution is 0.0675. The van der Waals surface area contributed by atoms with Crippen LogP contribution in [0.4, 0.5) is 5.69 Å². The summed E-state index contributed by atoms with van der Waals surface area (Å²) >= 11 is 1.75. The molecule has 2 N–H and O–H groups in total. The van der Waals surface area contributed by atoms with E-state index in [0.717, 1.165) is 11.1 Å². The summed E-state index contributed by atoms with van der Waals surface area (Å²) in [7, 11) is 0. The van der Waals surface area contributed by atoms with Gasteiger partial charge < -0.3 is 10.5 Å². The van der Waals surface area contributed by atoms with E-state index in [1.807, 2.05) is 26.0 Å². The van der Waals surface area contributed by atoms with Crippen LogP contribution < -0.4 is 5.73 Å². The van der Waals surface area contributed by atoms with Gasteiger partial charge in [-0.05, 0) is 32.0 Å². The Bertz CT molecular complexity index is 462. The van der Waals surface area contributed by atoms with Crippen molar-refractivity contribution in [2.24, 2.45) is 0 Å². The highest BCUT2D eigenvalue weighted by atomic mass is 32.1. The van der Waals surface area contributed by atoms with Crippen molar-refractivity contribution in [2.75, 3.05) is 5.73 Å². The topological polar surface area (TPSA) is 35.2 Å². The molecule has 2 rings (SSSR count). The van der Waals surface area contributed by atoms with Gasteiger partial charge in [0.05, 0.1) is 12.7 Å². The van der Waals surface area contributed by atoms with Crippen molar-refractivity contribution < 1.29 is 4.74 Å². The quantitative estimate of drug-likeness (QED) is 0.806. The van der Waals surface area contributed by atoms with E-state index < -0.39 is 0 Å². The highest BCUT2D eigenvalue weighted by Gasteiger charge is 2.04. The molecule has 0 aliphatic carbocycles. The van der Waals surface area contributed by atoms with Crippen molar-refractivity contribution in [2.45, 2.75) is 26.6 Å². The van der Waals surface area contributed by atoms with Gasteiger partial charge in [0, 0.05) is 20.7 Å². The van der Waals surface area contributed by atoms with Crippen LogP contribution in [0.15, 0.2) is 24.3 Å². The first-order valence-corrected chi connectivity index (χ1v) is 5.87. The minimum atomic E-state index is 0.271. The minimum absolute atomic E-state index is 0.271. The number of nitrogens with two attached hydrogens (primary N) is 1. The Hall–Kier alpha value is -1.06. The molecule has 2 aromatic rings. The van der Waals surface area contributed by atoms with Crippen molar-refractivity contribution in [3.8, 4) is 0 Å². The molecule has 2 nitrogen and oxygen atoms in total. The van der Waals surface area contributed by atoms with Gasteiger partial charge in [0.25, 0.3) is 0 Å². The summed E-state index contributed by atoms with van der Waals surface area (Å²) in [4.78, 5) is 1.23. The van der Waals surface area contributed by atoms with E-state index >= 15 is 0 Å². The molecular formula is C12H15NOS. The van der Waals surface area contributed by atoms with Gasteiger partial charge in [-0.15, -0.1) is 11.3 Å². The van der Waals surface area contributed by atoms with E-state index in [1.54, 1.807) is 11.3 Å². The number of nitrogen functional groups attached to an aromatic ring is 1. The Morgan fingerprint density at radius 1 is 1.40 bits per heavy atom. The molecule has 3 heteroatoms. The van der Waals surface area contributed by atoms with Crippen LogP contribution in [-0.2, 0) is 11.3 Å². The van der Waals surface area contributed by atoms with Crippen molar-refractivity contribution >= 4 is 27.1 Å². The van der Waals surface area contributed by atoms with Crippen LogP contribution >= 0.6 is 11.3 Å². The van der Waals surface area contributed by atoms with Crippen LogP contribution in [0.1, 0.15) is 18.7 Å². The second-order valence-corrected chi connectivity index (χ2v) is 5.00. The summed E-state index contributed by atoms with van der Waals surface area (Å²) in [6.45, 7) is 4.76. The molecule has 1 aromatic carbocycles. The molecule has 0 amide bonds. The maximum atomic E-state index is 5.89. The van der Waals surface area contributed by atoms with Crippen LogP contribution in [0.25, 0.3) is 10.1 Å². The number of thiophene rings is 1. The monoisotopic (exact) mass is 221 g/mol. The van der Waals surface area contributed by atoms with Gasteiger partial charge in [0.1, 0.15) is 0 Å². The van der Waals surface area contributed by atoms with Gasteiger partial charge in [0.15, 0.2) is 0 Å². The van der Waals surface area contributed by atoms with Crippen molar-refractivity contribution in [1.82, 2.24) is 0 Å². The van der Waals surface area contributed by atoms with E-state index in [-0.39, 0.29) is 6.10 Å². The number of rotatable bonds is 3. The molecule has 80 valence electrons. The lowest BCUT2D eigenvalue weighted by atomic mass is 10.2. The normalized spacial score (nSPS) is 11.4. The number of benzene rings is 1. The Labute approximate surface area is 93.7 Å². The van der Waals surface area contributed by atoms with Gasteiger partial charge in [0.2, 0.25) is 0 Å². The largest absolute Gasteiger partial charge is 0.398 e. The molecule has 0 bridgehead atoms. The molecule has 1 heterocycles. The summed E-state index contributed by atoms with van der Waals surface area (Å²) < 4.78 is 6.80. The summed E-state index contributed by atoms with van der Waals surface area (Å²) in [6.07, 6.45) is 0.271. The van der Waals surface area contributed by atoms with Crippen molar-refractivity contribution in [1.29, 1.82) is 0 Å². The molecule has 1 aromatic heterocycles. The number of ether oxygens (including phenoxy) is 1. The van der Waals surface area contributed by atoms with Crippen LogP contribution in [0.3, 0.4) is 0 Å². The van der Waals surface area contributed by atoms with Crippen LogP contribution in [0, 0.1) is 0 Å². The Kier molecular flexibility index (Phi) is 2.93. The number of anilines is 1. The first kappa shape index (κ1) is 10.5. The highest BCUT2D eigenvalue weighted by molar-refractivity contribution is 7.19. The molecule has 0 aliphatic rings. The number of fused-ring (bicyclic) bond motifs is 1. The third kappa shape index (κ3) is 2.30. The molecule has 0 atom stereocenters. The standard InChI is InChI=1S/C12H15NOS/c1-8(2)14-7-9-6-10-11(13)4-3-5-12(10)15-9/h3-6,8H,7,13H2,1-2H3. The van der Waals surface area contributed by atoms with Crippen LogP contribution in [0.5, 0.6) is 0 Å². The fraction of sp³-hybridized carbons (Fsp3) is 0.333. The van der Waals surface area contributed by atoms with E-state index in [9.17, 15) is 0 Å². The van der Waals surface area contributed by atoms with Gasteiger partial charge in [-0.3, -0.25) is 0 Å². The fourth-order valence-electron chi connectivity index (χ4n) is 1.46. The fourth-order valence-corrected chi connectivity index (χ4v) is 2.48. The Morgan fingerprint density at radius 3 is 2.87 bits per heavy atom. The van der Waals surface area contributed by atoms with Gasteiger partial charge in [-0.2, -0.15) is 0 Å².